The average Bonchev–Trinajstić information content (AvgIpc) is 2.40. The minimum absolute atomic E-state index is 1.08. The molecule has 0 atom stereocenters. The second-order valence-electron chi connectivity index (χ2n) is 3.54. The van der Waals surface area contributed by atoms with Crippen molar-refractivity contribution >= 4 is 0 Å². The van der Waals surface area contributed by atoms with Crippen LogP contribution in [0.5, 0.6) is 0 Å². The molecular weight excluding hydrogens is 192 g/mol. The molecule has 0 nitrogen and oxygen atoms in total. The molecule has 0 fully saturated rings. The Balaban J connectivity index is 0. The van der Waals surface area contributed by atoms with E-state index in [0.29, 0.717) is 0 Å². The normalized spacial score (nSPS) is 8.00. The van der Waals surface area contributed by atoms with E-state index in [2.05, 4.69) is 58.5 Å². The number of unbranched alkanes of at least 4 members (excludes halogenated alkanes) is 1. The van der Waals surface area contributed by atoms with Gasteiger partial charge >= 0.3 is 0 Å². The Kier molecular flexibility index (Phi) is 17.8. The third kappa shape index (κ3) is 15.4. The van der Waals surface area contributed by atoms with Crippen LogP contribution >= 0.6 is 0 Å². The SMILES string of the molecule is C=CCC.CCCC.CCc1ccccc1. The van der Waals surface area contributed by atoms with Gasteiger partial charge in [0.15, 0.2) is 0 Å². The molecule has 1 rings (SSSR count). The minimum atomic E-state index is 1.08. The molecule has 92 valence electrons. The Bertz CT molecular complexity index is 209. The highest BCUT2D eigenvalue weighted by atomic mass is 13.9. The van der Waals surface area contributed by atoms with Gasteiger partial charge in [0.05, 0.1) is 0 Å². The molecule has 0 heteroatoms. The zero-order valence-electron chi connectivity index (χ0n) is 11.5. The van der Waals surface area contributed by atoms with E-state index in [0.717, 1.165) is 12.8 Å². The van der Waals surface area contributed by atoms with E-state index in [1.165, 1.54) is 18.4 Å². The van der Waals surface area contributed by atoms with E-state index in [4.69, 9.17) is 0 Å². The Hall–Kier alpha value is -1.04. The molecule has 0 N–H and O–H groups in total. The summed E-state index contributed by atoms with van der Waals surface area (Å²) in [5.41, 5.74) is 1.41. The molecule has 0 aliphatic heterocycles. The van der Waals surface area contributed by atoms with Gasteiger partial charge in [0.25, 0.3) is 0 Å². The van der Waals surface area contributed by atoms with Gasteiger partial charge in [-0.3, -0.25) is 0 Å². The number of benzene rings is 1. The van der Waals surface area contributed by atoms with Crippen molar-refractivity contribution in [2.45, 2.75) is 53.4 Å². The standard InChI is InChI=1S/C8H10.C4H10.C4H8/c1-2-8-6-4-3-5-7-8;2*1-3-4-2/h3-7H,2H2,1H3;3-4H2,1-2H3;3H,1,4H2,2H3. The van der Waals surface area contributed by atoms with E-state index < -0.39 is 0 Å². The van der Waals surface area contributed by atoms with Crippen LogP contribution in [0.4, 0.5) is 0 Å². The van der Waals surface area contributed by atoms with Gasteiger partial charge in [-0.15, -0.1) is 6.58 Å². The fraction of sp³-hybridized carbons (Fsp3) is 0.500. The number of aryl methyl sites for hydroxylation is 1. The minimum Gasteiger partial charge on any atom is -0.103 e. The van der Waals surface area contributed by atoms with Crippen LogP contribution in [0.2, 0.25) is 0 Å². The summed E-state index contributed by atoms with van der Waals surface area (Å²) in [4.78, 5) is 0. The summed E-state index contributed by atoms with van der Waals surface area (Å²) in [5.74, 6) is 0. The van der Waals surface area contributed by atoms with Crippen LogP contribution in [0.3, 0.4) is 0 Å². The molecule has 1 aromatic rings. The fourth-order valence-electron chi connectivity index (χ4n) is 0.714. The quantitative estimate of drug-likeness (QED) is 0.578. The largest absolute Gasteiger partial charge is 0.103 e. The molecule has 16 heavy (non-hydrogen) atoms. The highest BCUT2D eigenvalue weighted by Crippen LogP contribution is 1.96. The van der Waals surface area contributed by atoms with Crippen molar-refractivity contribution in [3.05, 3.63) is 48.6 Å². The first kappa shape index (κ1) is 17.4. The van der Waals surface area contributed by atoms with E-state index in [9.17, 15) is 0 Å². The molecule has 0 amide bonds. The third-order valence-corrected chi connectivity index (χ3v) is 2.04. The molecule has 0 aliphatic rings. The Morgan fingerprint density at radius 1 is 0.938 bits per heavy atom. The Labute approximate surface area is 102 Å². The summed E-state index contributed by atoms with van der Waals surface area (Å²) in [6.45, 7) is 12.1. The topological polar surface area (TPSA) is 0 Å². The molecule has 0 saturated heterocycles. The van der Waals surface area contributed by atoms with E-state index in [1.807, 2.05) is 12.1 Å². The first-order valence-electron chi connectivity index (χ1n) is 6.41. The summed E-state index contributed by atoms with van der Waals surface area (Å²) in [7, 11) is 0. The maximum absolute atomic E-state index is 3.48. The number of hydrogen-bond donors (Lipinski definition) is 0. The highest BCUT2D eigenvalue weighted by Gasteiger charge is 1.79. The summed E-state index contributed by atoms with van der Waals surface area (Å²) >= 11 is 0. The van der Waals surface area contributed by atoms with Crippen molar-refractivity contribution in [2.24, 2.45) is 0 Å². The van der Waals surface area contributed by atoms with Crippen molar-refractivity contribution in [3.8, 4) is 0 Å². The van der Waals surface area contributed by atoms with Gasteiger partial charge in [-0.2, -0.15) is 0 Å². The zero-order chi connectivity index (χ0) is 12.6. The average molecular weight is 220 g/mol. The number of rotatable bonds is 3. The van der Waals surface area contributed by atoms with Crippen molar-refractivity contribution in [1.29, 1.82) is 0 Å². The van der Waals surface area contributed by atoms with Crippen LogP contribution in [-0.4, -0.2) is 0 Å². The molecule has 0 bridgehead atoms. The van der Waals surface area contributed by atoms with E-state index >= 15 is 0 Å². The molecule has 0 saturated carbocycles. The lowest BCUT2D eigenvalue weighted by molar-refractivity contribution is 0.886. The molecule has 0 radical (unpaired) electrons. The van der Waals surface area contributed by atoms with Gasteiger partial charge < -0.3 is 0 Å². The maximum Gasteiger partial charge on any atom is -0.0307 e. The van der Waals surface area contributed by atoms with Gasteiger partial charge in [0.2, 0.25) is 0 Å². The highest BCUT2D eigenvalue weighted by molar-refractivity contribution is 5.13. The molecule has 1 aromatic carbocycles. The van der Waals surface area contributed by atoms with Crippen molar-refractivity contribution in [3.63, 3.8) is 0 Å². The van der Waals surface area contributed by atoms with Gasteiger partial charge in [-0.05, 0) is 18.4 Å². The van der Waals surface area contributed by atoms with Crippen LogP contribution < -0.4 is 0 Å². The summed E-state index contributed by atoms with van der Waals surface area (Å²) < 4.78 is 0. The molecule has 0 unspecified atom stereocenters. The van der Waals surface area contributed by atoms with Crippen molar-refractivity contribution in [2.75, 3.05) is 0 Å². The van der Waals surface area contributed by atoms with Crippen molar-refractivity contribution < 1.29 is 0 Å². The van der Waals surface area contributed by atoms with Crippen LogP contribution in [0, 0.1) is 0 Å². The predicted octanol–water partition coefficient (Wildman–Crippen LogP) is 5.64. The lowest BCUT2D eigenvalue weighted by Gasteiger charge is -1.89. The van der Waals surface area contributed by atoms with Crippen LogP contribution in [0.15, 0.2) is 43.0 Å². The molecule has 0 aromatic heterocycles. The van der Waals surface area contributed by atoms with Crippen LogP contribution in [-0.2, 0) is 6.42 Å². The fourth-order valence-corrected chi connectivity index (χ4v) is 0.714. The van der Waals surface area contributed by atoms with Gasteiger partial charge in [-0.25, -0.2) is 0 Å². The van der Waals surface area contributed by atoms with E-state index in [1.54, 1.807) is 0 Å². The number of hydrogen-bond acceptors (Lipinski definition) is 0. The monoisotopic (exact) mass is 220 g/mol. The number of allylic oxidation sites excluding steroid dienone is 1. The second-order valence-corrected chi connectivity index (χ2v) is 3.54. The summed E-state index contributed by atoms with van der Waals surface area (Å²) in [5, 5.41) is 0. The lowest BCUT2D eigenvalue weighted by Crippen LogP contribution is -1.73. The van der Waals surface area contributed by atoms with Gasteiger partial charge in [-0.1, -0.05) is 76.9 Å². The lowest BCUT2D eigenvalue weighted by atomic mass is 10.2. The first-order valence-corrected chi connectivity index (χ1v) is 6.41. The summed E-state index contributed by atoms with van der Waals surface area (Å²) in [6.07, 6.45) is 6.74. The maximum atomic E-state index is 3.48. The van der Waals surface area contributed by atoms with Gasteiger partial charge in [0.1, 0.15) is 0 Å². The molecule has 0 aliphatic carbocycles. The van der Waals surface area contributed by atoms with Gasteiger partial charge in [0, 0.05) is 0 Å². The molecule has 0 spiro atoms. The molecular formula is C16H28. The molecule has 0 heterocycles. The predicted molar refractivity (Wildman–Crippen MR) is 76.9 cm³/mol. The smallest absolute Gasteiger partial charge is 0.0307 e. The van der Waals surface area contributed by atoms with Crippen LogP contribution in [0.25, 0.3) is 0 Å². The first-order chi connectivity index (χ1) is 7.76. The van der Waals surface area contributed by atoms with Crippen LogP contribution in [0.1, 0.15) is 52.5 Å². The Morgan fingerprint density at radius 3 is 1.56 bits per heavy atom. The second kappa shape index (κ2) is 16.4. The summed E-state index contributed by atoms with van der Waals surface area (Å²) in [6, 6.07) is 10.5. The van der Waals surface area contributed by atoms with Crippen molar-refractivity contribution in [1.82, 2.24) is 0 Å². The Morgan fingerprint density at radius 2 is 1.38 bits per heavy atom. The zero-order valence-corrected chi connectivity index (χ0v) is 11.5. The van der Waals surface area contributed by atoms with E-state index in [-0.39, 0.29) is 0 Å². The third-order valence-electron chi connectivity index (χ3n) is 2.04.